The van der Waals surface area contributed by atoms with Gasteiger partial charge < -0.3 is 14.7 Å². The molecule has 0 spiro atoms. The Morgan fingerprint density at radius 2 is 1.79 bits per heavy atom. The molecule has 1 N–H and O–H groups in total. The average Bonchev–Trinajstić information content (AvgIpc) is 3.08. The summed E-state index contributed by atoms with van der Waals surface area (Å²) in [4.78, 5) is 38.4. The zero-order valence-electron chi connectivity index (χ0n) is 16.5. The van der Waals surface area contributed by atoms with Crippen molar-refractivity contribution in [1.82, 2.24) is 19.9 Å². The minimum Gasteiger partial charge on any atom is -0.481 e. The van der Waals surface area contributed by atoms with Crippen molar-refractivity contribution in [3.05, 3.63) is 36.2 Å². The molecule has 1 saturated heterocycles. The Bertz CT molecular complexity index is 916. The van der Waals surface area contributed by atoms with Gasteiger partial charge in [0.15, 0.2) is 0 Å². The summed E-state index contributed by atoms with van der Waals surface area (Å²) in [7, 11) is 0. The fraction of sp³-hybridized carbons (Fsp3) is 0.421. The summed E-state index contributed by atoms with van der Waals surface area (Å²) in [5.74, 6) is -1.17. The maximum Gasteiger partial charge on any atom is 0.410 e. The van der Waals surface area contributed by atoms with Crippen molar-refractivity contribution < 1.29 is 24.2 Å². The van der Waals surface area contributed by atoms with Gasteiger partial charge in [0.1, 0.15) is 12.1 Å². The molecule has 10 heteroatoms. The molecular weight excluding hydrogens is 378 g/mol. The molecular formula is C19H23N5O5. The van der Waals surface area contributed by atoms with Crippen molar-refractivity contribution >= 4 is 23.7 Å². The minimum atomic E-state index is -0.976. The van der Waals surface area contributed by atoms with Gasteiger partial charge in [0.2, 0.25) is 5.91 Å². The fourth-order valence-electron chi connectivity index (χ4n) is 2.87. The summed E-state index contributed by atoms with van der Waals surface area (Å²) in [6.07, 6.45) is 0.853. The van der Waals surface area contributed by atoms with E-state index in [1.165, 1.54) is 9.58 Å². The topological polar surface area (TPSA) is 118 Å². The molecule has 154 valence electrons. The number of carboxylic acid groups (broad SMARTS) is 1. The smallest absolute Gasteiger partial charge is 0.410 e. The number of aliphatic carboxylic acids is 1. The van der Waals surface area contributed by atoms with Crippen molar-refractivity contribution in [3.63, 3.8) is 0 Å². The van der Waals surface area contributed by atoms with Crippen molar-refractivity contribution in [2.45, 2.75) is 32.8 Å². The van der Waals surface area contributed by atoms with E-state index in [4.69, 9.17) is 9.84 Å². The molecule has 0 radical (unpaired) electrons. The Morgan fingerprint density at radius 1 is 1.14 bits per heavy atom. The van der Waals surface area contributed by atoms with Crippen LogP contribution in [0.5, 0.6) is 0 Å². The van der Waals surface area contributed by atoms with Gasteiger partial charge in [-0.3, -0.25) is 14.5 Å². The molecule has 3 rings (SSSR count). The van der Waals surface area contributed by atoms with Crippen LogP contribution in [0.1, 0.15) is 26.5 Å². The van der Waals surface area contributed by atoms with E-state index in [9.17, 15) is 14.4 Å². The lowest BCUT2D eigenvalue weighted by molar-refractivity contribution is -0.136. The predicted molar refractivity (Wildman–Crippen MR) is 103 cm³/mol. The number of benzene rings is 1. The number of anilines is 1. The summed E-state index contributed by atoms with van der Waals surface area (Å²) in [6, 6.07) is 7.08. The first-order valence-electron chi connectivity index (χ1n) is 9.14. The van der Waals surface area contributed by atoms with Crippen LogP contribution < -0.4 is 4.90 Å². The van der Waals surface area contributed by atoms with E-state index in [1.807, 2.05) is 0 Å². The fourth-order valence-corrected chi connectivity index (χ4v) is 2.87. The summed E-state index contributed by atoms with van der Waals surface area (Å²) < 4.78 is 6.80. The average molecular weight is 401 g/mol. The molecule has 2 amide bonds. The van der Waals surface area contributed by atoms with Crippen LogP contribution in [0.25, 0.3) is 5.69 Å². The molecule has 2 aromatic rings. The molecule has 2 heterocycles. The largest absolute Gasteiger partial charge is 0.481 e. The molecule has 10 nitrogen and oxygen atoms in total. The summed E-state index contributed by atoms with van der Waals surface area (Å²) >= 11 is 0. The van der Waals surface area contributed by atoms with E-state index >= 15 is 0 Å². The third kappa shape index (κ3) is 5.09. The van der Waals surface area contributed by atoms with Crippen LogP contribution in [0, 0.1) is 0 Å². The molecule has 29 heavy (non-hydrogen) atoms. The summed E-state index contributed by atoms with van der Waals surface area (Å²) in [6.45, 7) is 6.05. The molecule has 0 aliphatic carbocycles. The van der Waals surface area contributed by atoms with Crippen molar-refractivity contribution in [2.24, 2.45) is 0 Å². The van der Waals surface area contributed by atoms with E-state index in [1.54, 1.807) is 56.1 Å². The molecule has 1 aromatic carbocycles. The lowest BCUT2D eigenvalue weighted by Gasteiger charge is -2.35. The van der Waals surface area contributed by atoms with Gasteiger partial charge in [-0.2, -0.15) is 0 Å². The van der Waals surface area contributed by atoms with Crippen LogP contribution >= 0.6 is 0 Å². The Kier molecular flexibility index (Phi) is 5.53. The van der Waals surface area contributed by atoms with Crippen LogP contribution in [0.4, 0.5) is 10.5 Å². The van der Waals surface area contributed by atoms with Gasteiger partial charge in [0.25, 0.3) is 0 Å². The number of nitrogens with zero attached hydrogens (tertiary/aromatic N) is 5. The van der Waals surface area contributed by atoms with Crippen molar-refractivity contribution in [2.75, 3.05) is 24.5 Å². The number of aromatic nitrogens is 3. The second kappa shape index (κ2) is 7.90. The van der Waals surface area contributed by atoms with E-state index in [0.717, 1.165) is 0 Å². The van der Waals surface area contributed by atoms with Gasteiger partial charge in [-0.05, 0) is 45.0 Å². The van der Waals surface area contributed by atoms with Crippen LogP contribution in [-0.4, -0.2) is 68.2 Å². The molecule has 1 aliphatic rings. The SMILES string of the molecule is CC(C)(C)OC(=O)N1CCN(c2ccc(-n3cc(CC(=O)O)nn3)cc2)C(=O)C1. The highest BCUT2D eigenvalue weighted by molar-refractivity contribution is 5.97. The number of hydrogen-bond donors (Lipinski definition) is 1. The van der Waals surface area contributed by atoms with E-state index in [0.29, 0.717) is 30.2 Å². The van der Waals surface area contributed by atoms with Gasteiger partial charge in [-0.1, -0.05) is 5.21 Å². The molecule has 0 saturated carbocycles. The highest BCUT2D eigenvalue weighted by Gasteiger charge is 2.30. The number of piperazine rings is 1. The normalized spacial score (nSPS) is 14.8. The van der Waals surface area contributed by atoms with Gasteiger partial charge in [0.05, 0.1) is 24.0 Å². The number of ether oxygens (including phenoxy) is 1. The van der Waals surface area contributed by atoms with Crippen molar-refractivity contribution in [1.29, 1.82) is 0 Å². The lowest BCUT2D eigenvalue weighted by Crippen LogP contribution is -2.53. The molecule has 0 atom stereocenters. The monoisotopic (exact) mass is 401 g/mol. The van der Waals surface area contributed by atoms with Crippen LogP contribution in [0.2, 0.25) is 0 Å². The Morgan fingerprint density at radius 3 is 2.38 bits per heavy atom. The maximum absolute atomic E-state index is 12.5. The number of carboxylic acids is 1. The summed E-state index contributed by atoms with van der Waals surface area (Å²) in [5.41, 5.74) is 1.14. The van der Waals surface area contributed by atoms with Gasteiger partial charge >= 0.3 is 12.1 Å². The molecule has 1 aliphatic heterocycles. The standard InChI is InChI=1S/C19H23N5O5/c1-19(2,3)29-18(28)22-8-9-23(16(25)12-22)14-4-6-15(7-5-14)24-11-13(20-21-24)10-17(26)27/h4-7,11H,8-10,12H2,1-3H3,(H,26,27). The number of hydrogen-bond acceptors (Lipinski definition) is 6. The van der Waals surface area contributed by atoms with Gasteiger partial charge in [-0.15, -0.1) is 5.10 Å². The minimum absolute atomic E-state index is 0.0434. The van der Waals surface area contributed by atoms with Crippen LogP contribution in [0.3, 0.4) is 0 Å². The van der Waals surface area contributed by atoms with E-state index < -0.39 is 17.7 Å². The third-order valence-electron chi connectivity index (χ3n) is 4.17. The number of rotatable bonds is 4. The molecule has 1 fully saturated rings. The first-order chi connectivity index (χ1) is 13.6. The maximum atomic E-state index is 12.5. The predicted octanol–water partition coefficient (Wildman–Crippen LogP) is 1.48. The van der Waals surface area contributed by atoms with Crippen LogP contribution in [0.15, 0.2) is 30.5 Å². The Hall–Kier alpha value is -3.43. The Labute approximate surface area is 167 Å². The highest BCUT2D eigenvalue weighted by Crippen LogP contribution is 2.21. The van der Waals surface area contributed by atoms with E-state index in [2.05, 4.69) is 10.3 Å². The zero-order chi connectivity index (χ0) is 21.2. The molecule has 1 aromatic heterocycles. The lowest BCUT2D eigenvalue weighted by atomic mass is 10.2. The van der Waals surface area contributed by atoms with Crippen LogP contribution in [-0.2, 0) is 20.7 Å². The zero-order valence-corrected chi connectivity index (χ0v) is 16.5. The van der Waals surface area contributed by atoms with E-state index in [-0.39, 0.29) is 18.9 Å². The highest BCUT2D eigenvalue weighted by atomic mass is 16.6. The first kappa shape index (κ1) is 20.3. The van der Waals surface area contributed by atoms with Crippen molar-refractivity contribution in [3.8, 4) is 5.69 Å². The second-order valence-corrected chi connectivity index (χ2v) is 7.69. The number of carbonyl (C=O) groups excluding carboxylic acids is 2. The Balaban J connectivity index is 1.65. The quantitative estimate of drug-likeness (QED) is 0.824. The molecule has 0 unspecified atom stereocenters. The third-order valence-corrected chi connectivity index (χ3v) is 4.17. The number of amides is 2. The first-order valence-corrected chi connectivity index (χ1v) is 9.14. The number of carbonyl (C=O) groups is 3. The molecule has 0 bridgehead atoms. The van der Waals surface area contributed by atoms with Gasteiger partial charge in [0, 0.05) is 18.8 Å². The summed E-state index contributed by atoms with van der Waals surface area (Å²) in [5, 5.41) is 16.6. The second-order valence-electron chi connectivity index (χ2n) is 7.69. The van der Waals surface area contributed by atoms with Gasteiger partial charge in [-0.25, -0.2) is 9.48 Å².